The normalized spacial score (nSPS) is 25.8. The number of halogens is 1. The third kappa shape index (κ3) is 4.44. The van der Waals surface area contributed by atoms with Gasteiger partial charge in [-0.3, -0.25) is 0 Å². The van der Waals surface area contributed by atoms with Crippen LogP contribution in [0.2, 0.25) is 0 Å². The molecular formula is C18H28FNO. The van der Waals surface area contributed by atoms with Gasteiger partial charge in [-0.15, -0.1) is 0 Å². The van der Waals surface area contributed by atoms with Crippen LogP contribution in [0, 0.1) is 11.7 Å². The molecule has 1 fully saturated rings. The van der Waals surface area contributed by atoms with E-state index in [9.17, 15) is 4.39 Å². The van der Waals surface area contributed by atoms with Crippen molar-refractivity contribution in [1.29, 1.82) is 0 Å². The molecule has 1 saturated carbocycles. The van der Waals surface area contributed by atoms with Crippen LogP contribution in [0.3, 0.4) is 0 Å². The Kier molecular flexibility index (Phi) is 5.63. The highest BCUT2D eigenvalue weighted by Crippen LogP contribution is 2.35. The molecule has 1 aliphatic carbocycles. The molecule has 2 nitrogen and oxygen atoms in total. The molecule has 1 aliphatic rings. The van der Waals surface area contributed by atoms with E-state index in [1.807, 2.05) is 6.07 Å². The van der Waals surface area contributed by atoms with E-state index in [4.69, 9.17) is 10.5 Å². The van der Waals surface area contributed by atoms with E-state index in [-0.39, 0.29) is 11.4 Å². The highest BCUT2D eigenvalue weighted by atomic mass is 19.1. The highest BCUT2D eigenvalue weighted by Gasteiger charge is 2.31. The van der Waals surface area contributed by atoms with Gasteiger partial charge >= 0.3 is 0 Å². The molecule has 21 heavy (non-hydrogen) atoms. The van der Waals surface area contributed by atoms with Crippen LogP contribution in [0.25, 0.3) is 0 Å². The molecule has 0 radical (unpaired) electrons. The molecule has 0 atom stereocenters. The third-order valence-electron chi connectivity index (χ3n) is 4.84. The maximum atomic E-state index is 13.8. The van der Waals surface area contributed by atoms with Crippen LogP contribution in [0.4, 0.5) is 4.39 Å². The zero-order chi connectivity index (χ0) is 15.3. The summed E-state index contributed by atoms with van der Waals surface area (Å²) in [5.74, 6) is 0.845. The largest absolute Gasteiger partial charge is 0.494 e. The highest BCUT2D eigenvalue weighted by molar-refractivity contribution is 5.30. The first-order valence-corrected chi connectivity index (χ1v) is 8.17. The second kappa shape index (κ2) is 7.26. The lowest BCUT2D eigenvalue weighted by Crippen LogP contribution is -2.45. The molecule has 2 rings (SSSR count). The topological polar surface area (TPSA) is 35.2 Å². The predicted molar refractivity (Wildman–Crippen MR) is 85.1 cm³/mol. The fourth-order valence-electron chi connectivity index (χ4n) is 3.44. The molecule has 0 spiro atoms. The van der Waals surface area contributed by atoms with Crippen LogP contribution < -0.4 is 10.5 Å². The summed E-state index contributed by atoms with van der Waals surface area (Å²) in [4.78, 5) is 0. The van der Waals surface area contributed by atoms with E-state index in [1.165, 1.54) is 39.2 Å². The minimum Gasteiger partial charge on any atom is -0.494 e. The summed E-state index contributed by atoms with van der Waals surface area (Å²) in [6, 6.07) is 5.19. The maximum absolute atomic E-state index is 13.8. The van der Waals surface area contributed by atoms with E-state index in [2.05, 4.69) is 6.92 Å². The number of rotatable bonds is 6. The second-order valence-corrected chi connectivity index (χ2v) is 6.59. The van der Waals surface area contributed by atoms with Gasteiger partial charge in [0.2, 0.25) is 0 Å². The zero-order valence-electron chi connectivity index (χ0n) is 13.3. The summed E-state index contributed by atoms with van der Waals surface area (Å²) in [6.07, 6.45) is 9.23. The van der Waals surface area contributed by atoms with Crippen LogP contribution in [-0.2, 0) is 6.42 Å². The molecule has 1 aromatic rings. The SMILES string of the molecule is CCCCC1CCC(N)(Cc2ccc(OC)c(F)c2)CC1. The summed E-state index contributed by atoms with van der Waals surface area (Å²) < 4.78 is 18.7. The summed E-state index contributed by atoms with van der Waals surface area (Å²) >= 11 is 0. The first-order valence-electron chi connectivity index (χ1n) is 8.17. The predicted octanol–water partition coefficient (Wildman–Crippen LogP) is 4.45. The average Bonchev–Trinajstić information content (AvgIpc) is 2.47. The van der Waals surface area contributed by atoms with Crippen LogP contribution in [-0.4, -0.2) is 12.6 Å². The zero-order valence-corrected chi connectivity index (χ0v) is 13.3. The third-order valence-corrected chi connectivity index (χ3v) is 4.84. The Bertz CT molecular complexity index is 453. The Morgan fingerprint density at radius 1 is 1.33 bits per heavy atom. The van der Waals surface area contributed by atoms with E-state index in [1.54, 1.807) is 12.1 Å². The van der Waals surface area contributed by atoms with Gasteiger partial charge in [0.25, 0.3) is 0 Å². The van der Waals surface area contributed by atoms with Crippen molar-refractivity contribution >= 4 is 0 Å². The molecule has 0 bridgehead atoms. The van der Waals surface area contributed by atoms with Gasteiger partial charge in [0.05, 0.1) is 7.11 Å². The van der Waals surface area contributed by atoms with Crippen LogP contribution >= 0.6 is 0 Å². The number of benzene rings is 1. The van der Waals surface area contributed by atoms with Crippen molar-refractivity contribution in [1.82, 2.24) is 0 Å². The number of nitrogens with two attached hydrogens (primary N) is 1. The van der Waals surface area contributed by atoms with Crippen molar-refractivity contribution in [3.8, 4) is 5.75 Å². The van der Waals surface area contributed by atoms with Gasteiger partial charge in [0.1, 0.15) is 0 Å². The van der Waals surface area contributed by atoms with Gasteiger partial charge in [0, 0.05) is 5.54 Å². The first kappa shape index (κ1) is 16.3. The first-order chi connectivity index (χ1) is 10.1. The van der Waals surface area contributed by atoms with Gasteiger partial charge in [-0.05, 0) is 55.7 Å². The molecule has 0 heterocycles. The van der Waals surface area contributed by atoms with Gasteiger partial charge in [-0.2, -0.15) is 0 Å². The quantitative estimate of drug-likeness (QED) is 0.840. The Hall–Kier alpha value is -1.09. The maximum Gasteiger partial charge on any atom is 0.165 e. The molecular weight excluding hydrogens is 265 g/mol. The van der Waals surface area contributed by atoms with Crippen molar-refractivity contribution in [3.63, 3.8) is 0 Å². The molecule has 3 heteroatoms. The van der Waals surface area contributed by atoms with Crippen LogP contribution in [0.15, 0.2) is 18.2 Å². The minimum absolute atomic E-state index is 0.163. The van der Waals surface area contributed by atoms with E-state index >= 15 is 0 Å². The van der Waals surface area contributed by atoms with Crippen LogP contribution in [0.1, 0.15) is 57.4 Å². The summed E-state index contributed by atoms with van der Waals surface area (Å²) in [6.45, 7) is 2.24. The standard InChI is InChI=1S/C18H28FNO/c1-3-4-5-14-8-10-18(20,11-9-14)13-15-6-7-17(21-2)16(19)12-15/h6-7,12,14H,3-5,8-11,13,20H2,1-2H3. The fraction of sp³-hybridized carbons (Fsp3) is 0.667. The van der Waals surface area contributed by atoms with E-state index in [0.717, 1.165) is 30.7 Å². The van der Waals surface area contributed by atoms with Crippen molar-refractivity contribution in [3.05, 3.63) is 29.6 Å². The number of unbranched alkanes of at least 4 members (excludes halogenated alkanes) is 1. The Labute approximate surface area is 127 Å². The molecule has 0 aliphatic heterocycles. The summed E-state index contributed by atoms with van der Waals surface area (Å²) in [5.41, 5.74) is 7.36. The lowest BCUT2D eigenvalue weighted by Gasteiger charge is -2.37. The van der Waals surface area contributed by atoms with Crippen molar-refractivity contribution in [2.45, 2.75) is 63.8 Å². The van der Waals surface area contributed by atoms with Gasteiger partial charge < -0.3 is 10.5 Å². The monoisotopic (exact) mass is 293 g/mol. The molecule has 2 N–H and O–H groups in total. The molecule has 0 aromatic heterocycles. The molecule has 0 amide bonds. The number of hydrogen-bond acceptors (Lipinski definition) is 2. The van der Waals surface area contributed by atoms with Crippen molar-refractivity contribution in [2.24, 2.45) is 11.7 Å². The Morgan fingerprint density at radius 3 is 2.62 bits per heavy atom. The smallest absolute Gasteiger partial charge is 0.165 e. The Balaban J connectivity index is 1.92. The number of hydrogen-bond donors (Lipinski definition) is 1. The van der Waals surface area contributed by atoms with Gasteiger partial charge in [-0.1, -0.05) is 32.3 Å². The van der Waals surface area contributed by atoms with Gasteiger partial charge in [0.15, 0.2) is 11.6 Å². The second-order valence-electron chi connectivity index (χ2n) is 6.59. The van der Waals surface area contributed by atoms with E-state index < -0.39 is 0 Å². The fourth-order valence-corrected chi connectivity index (χ4v) is 3.44. The molecule has 0 saturated heterocycles. The minimum atomic E-state index is -0.296. The summed E-state index contributed by atoms with van der Waals surface area (Å²) in [5, 5.41) is 0. The van der Waals surface area contributed by atoms with Crippen LogP contribution in [0.5, 0.6) is 5.75 Å². The lowest BCUT2D eigenvalue weighted by atomic mass is 9.73. The molecule has 118 valence electrons. The number of ether oxygens (including phenoxy) is 1. The van der Waals surface area contributed by atoms with Gasteiger partial charge in [-0.25, -0.2) is 4.39 Å². The molecule has 0 unspecified atom stereocenters. The van der Waals surface area contributed by atoms with Crippen molar-refractivity contribution in [2.75, 3.05) is 7.11 Å². The van der Waals surface area contributed by atoms with Crippen molar-refractivity contribution < 1.29 is 9.13 Å². The summed E-state index contributed by atoms with van der Waals surface area (Å²) in [7, 11) is 1.49. The average molecular weight is 293 g/mol. The molecule has 1 aromatic carbocycles. The van der Waals surface area contributed by atoms with E-state index in [0.29, 0.717) is 5.75 Å². The lowest BCUT2D eigenvalue weighted by molar-refractivity contribution is 0.221. The Morgan fingerprint density at radius 2 is 2.05 bits per heavy atom. The number of methoxy groups -OCH3 is 1.